The molecule has 1 atom stereocenters. The third kappa shape index (κ3) is 3.42. The molecule has 0 bridgehead atoms. The number of rotatable bonds is 4. The first-order valence-corrected chi connectivity index (χ1v) is 7.45. The van der Waals surface area contributed by atoms with E-state index < -0.39 is 21.9 Å². The zero-order chi connectivity index (χ0) is 13.9. The van der Waals surface area contributed by atoms with Gasteiger partial charge >= 0.3 is 5.97 Å². The van der Waals surface area contributed by atoms with E-state index >= 15 is 0 Å². The molecule has 1 heterocycles. The number of carbonyl (C=O) groups is 1. The Morgan fingerprint density at radius 3 is 2.58 bits per heavy atom. The van der Waals surface area contributed by atoms with Crippen LogP contribution in [0, 0.1) is 5.92 Å². The van der Waals surface area contributed by atoms with Gasteiger partial charge in [0.1, 0.15) is 0 Å². The van der Waals surface area contributed by atoms with Crippen molar-refractivity contribution < 1.29 is 18.3 Å². The summed E-state index contributed by atoms with van der Waals surface area (Å²) in [6.07, 6.45) is 1.89. The Hall–Kier alpha value is -1.66. The van der Waals surface area contributed by atoms with Gasteiger partial charge in [0.15, 0.2) is 0 Å². The third-order valence-corrected chi connectivity index (χ3v) is 4.62. The van der Waals surface area contributed by atoms with Crippen LogP contribution in [0.1, 0.15) is 12.0 Å². The summed E-state index contributed by atoms with van der Waals surface area (Å²) in [5.74, 6) is -1.54. The largest absolute Gasteiger partial charge is 0.481 e. The zero-order valence-corrected chi connectivity index (χ0v) is 11.1. The molecule has 1 fully saturated rings. The molecule has 1 aromatic carbocycles. The summed E-state index contributed by atoms with van der Waals surface area (Å²) in [7, 11) is -3.54. The molecule has 0 aliphatic carbocycles. The predicted molar refractivity (Wildman–Crippen MR) is 71.7 cm³/mol. The SMILES string of the molecule is O=C(O)[C@H]1CCN(S(=O)(=O)/C=C\c2ccccc2)C1. The lowest BCUT2D eigenvalue weighted by Crippen LogP contribution is -2.28. The van der Waals surface area contributed by atoms with Crippen LogP contribution >= 0.6 is 0 Å². The maximum atomic E-state index is 12.0. The Bertz CT molecular complexity index is 580. The maximum absolute atomic E-state index is 12.0. The molecule has 0 radical (unpaired) electrons. The molecule has 0 unspecified atom stereocenters. The van der Waals surface area contributed by atoms with E-state index in [0.29, 0.717) is 6.42 Å². The van der Waals surface area contributed by atoms with Gasteiger partial charge in [0, 0.05) is 18.5 Å². The summed E-state index contributed by atoms with van der Waals surface area (Å²) in [5.41, 5.74) is 0.792. The monoisotopic (exact) mass is 281 g/mol. The van der Waals surface area contributed by atoms with Gasteiger partial charge in [0.2, 0.25) is 10.0 Å². The first kappa shape index (κ1) is 13.8. The minimum Gasteiger partial charge on any atom is -0.481 e. The van der Waals surface area contributed by atoms with Crippen LogP contribution in [0.2, 0.25) is 0 Å². The molecule has 0 amide bonds. The van der Waals surface area contributed by atoms with Crippen LogP contribution in [-0.4, -0.2) is 36.9 Å². The molecule has 1 aliphatic heterocycles. The minimum absolute atomic E-state index is 0.0524. The van der Waals surface area contributed by atoms with Gasteiger partial charge in [-0.05, 0) is 18.1 Å². The quantitative estimate of drug-likeness (QED) is 0.905. The topological polar surface area (TPSA) is 74.7 Å². The second kappa shape index (κ2) is 5.54. The second-order valence-electron chi connectivity index (χ2n) is 4.44. The fourth-order valence-corrected chi connectivity index (χ4v) is 3.22. The van der Waals surface area contributed by atoms with Crippen LogP contribution in [0.3, 0.4) is 0 Å². The van der Waals surface area contributed by atoms with Crippen molar-refractivity contribution in [2.24, 2.45) is 5.92 Å². The van der Waals surface area contributed by atoms with Gasteiger partial charge in [-0.3, -0.25) is 4.79 Å². The Balaban J connectivity index is 2.08. The summed E-state index contributed by atoms with van der Waals surface area (Å²) in [6, 6.07) is 9.10. The first-order valence-electron chi connectivity index (χ1n) is 5.95. The molecule has 19 heavy (non-hydrogen) atoms. The lowest BCUT2D eigenvalue weighted by atomic mass is 10.1. The lowest BCUT2D eigenvalue weighted by molar-refractivity contribution is -0.141. The fourth-order valence-electron chi connectivity index (χ4n) is 1.98. The van der Waals surface area contributed by atoms with Crippen molar-refractivity contribution in [2.45, 2.75) is 6.42 Å². The van der Waals surface area contributed by atoms with Crippen LogP contribution in [0.5, 0.6) is 0 Å². The molecule has 102 valence electrons. The van der Waals surface area contributed by atoms with E-state index in [2.05, 4.69) is 0 Å². The average Bonchev–Trinajstić information content (AvgIpc) is 2.88. The summed E-state index contributed by atoms with van der Waals surface area (Å²) in [5, 5.41) is 10.00. The van der Waals surface area contributed by atoms with Crippen LogP contribution in [0.25, 0.3) is 6.08 Å². The molecular weight excluding hydrogens is 266 g/mol. The van der Waals surface area contributed by atoms with Crippen LogP contribution in [0.4, 0.5) is 0 Å². The number of carboxylic acids is 1. The maximum Gasteiger partial charge on any atom is 0.307 e. The summed E-state index contributed by atoms with van der Waals surface area (Å²) >= 11 is 0. The number of carboxylic acid groups (broad SMARTS) is 1. The molecule has 0 spiro atoms. The van der Waals surface area contributed by atoms with Crippen molar-refractivity contribution in [1.29, 1.82) is 0 Å². The van der Waals surface area contributed by atoms with Gasteiger partial charge in [0.25, 0.3) is 0 Å². The van der Waals surface area contributed by atoms with E-state index in [4.69, 9.17) is 5.11 Å². The van der Waals surface area contributed by atoms with Crippen molar-refractivity contribution in [3.05, 3.63) is 41.3 Å². The average molecular weight is 281 g/mol. The fraction of sp³-hybridized carbons (Fsp3) is 0.308. The lowest BCUT2D eigenvalue weighted by Gasteiger charge is -2.12. The number of nitrogens with zero attached hydrogens (tertiary/aromatic N) is 1. The standard InChI is InChI=1S/C13H15NO4S/c15-13(16)12-6-8-14(10-12)19(17,18)9-7-11-4-2-1-3-5-11/h1-5,7,9,12H,6,8,10H2,(H,15,16)/b9-7-/t12-/m0/s1. The van der Waals surface area contributed by atoms with Crippen molar-refractivity contribution in [3.8, 4) is 0 Å². The van der Waals surface area contributed by atoms with Crippen molar-refractivity contribution in [2.75, 3.05) is 13.1 Å². The Morgan fingerprint density at radius 2 is 2.00 bits per heavy atom. The highest BCUT2D eigenvalue weighted by Crippen LogP contribution is 2.20. The van der Waals surface area contributed by atoms with Gasteiger partial charge in [-0.2, -0.15) is 4.31 Å². The Labute approximate surface area is 112 Å². The van der Waals surface area contributed by atoms with E-state index in [-0.39, 0.29) is 13.1 Å². The third-order valence-electron chi connectivity index (χ3n) is 3.09. The van der Waals surface area contributed by atoms with Gasteiger partial charge in [-0.1, -0.05) is 30.3 Å². The number of sulfonamides is 1. The van der Waals surface area contributed by atoms with E-state index in [0.717, 1.165) is 11.0 Å². The van der Waals surface area contributed by atoms with E-state index in [1.807, 2.05) is 18.2 Å². The van der Waals surface area contributed by atoms with E-state index in [9.17, 15) is 13.2 Å². The van der Waals surface area contributed by atoms with Crippen molar-refractivity contribution in [3.63, 3.8) is 0 Å². The number of hydrogen-bond acceptors (Lipinski definition) is 3. The van der Waals surface area contributed by atoms with E-state index in [1.54, 1.807) is 12.1 Å². The Morgan fingerprint density at radius 1 is 1.32 bits per heavy atom. The normalized spacial score (nSPS) is 20.9. The summed E-state index contributed by atoms with van der Waals surface area (Å²) in [4.78, 5) is 10.8. The minimum atomic E-state index is -3.54. The molecule has 0 saturated carbocycles. The van der Waals surface area contributed by atoms with Crippen LogP contribution in [-0.2, 0) is 14.8 Å². The van der Waals surface area contributed by atoms with Crippen molar-refractivity contribution >= 4 is 22.1 Å². The van der Waals surface area contributed by atoms with Crippen LogP contribution in [0.15, 0.2) is 35.7 Å². The molecule has 1 aliphatic rings. The molecule has 6 heteroatoms. The van der Waals surface area contributed by atoms with E-state index in [1.165, 1.54) is 10.4 Å². The molecular formula is C13H15NO4S. The predicted octanol–water partition coefficient (Wildman–Crippen LogP) is 1.39. The molecule has 5 nitrogen and oxygen atoms in total. The molecule has 0 aromatic heterocycles. The number of aliphatic carboxylic acids is 1. The smallest absolute Gasteiger partial charge is 0.307 e. The zero-order valence-electron chi connectivity index (χ0n) is 10.3. The molecule has 1 aromatic rings. The summed E-state index contributed by atoms with van der Waals surface area (Å²) in [6.45, 7) is 0.315. The highest BCUT2D eigenvalue weighted by Gasteiger charge is 2.33. The summed E-state index contributed by atoms with van der Waals surface area (Å²) < 4.78 is 25.3. The molecule has 1 N–H and O–H groups in total. The van der Waals surface area contributed by atoms with Crippen molar-refractivity contribution in [1.82, 2.24) is 4.31 Å². The first-order chi connectivity index (χ1) is 8.99. The molecule has 1 saturated heterocycles. The second-order valence-corrected chi connectivity index (χ2v) is 6.26. The number of hydrogen-bond donors (Lipinski definition) is 1. The highest BCUT2D eigenvalue weighted by atomic mass is 32.2. The van der Waals surface area contributed by atoms with Crippen LogP contribution < -0.4 is 0 Å². The molecule has 2 rings (SSSR count). The highest BCUT2D eigenvalue weighted by molar-refractivity contribution is 7.92. The van der Waals surface area contributed by atoms with Gasteiger partial charge in [-0.15, -0.1) is 0 Å². The van der Waals surface area contributed by atoms with Gasteiger partial charge in [-0.25, -0.2) is 8.42 Å². The Kier molecular flexibility index (Phi) is 4.01. The number of benzene rings is 1. The van der Waals surface area contributed by atoms with Gasteiger partial charge < -0.3 is 5.11 Å². The van der Waals surface area contributed by atoms with Gasteiger partial charge in [0.05, 0.1) is 5.92 Å².